The van der Waals surface area contributed by atoms with Crippen molar-refractivity contribution in [1.82, 2.24) is 24.4 Å². The van der Waals surface area contributed by atoms with Crippen molar-refractivity contribution >= 4 is 21.4 Å². The van der Waals surface area contributed by atoms with E-state index in [-0.39, 0.29) is 4.90 Å². The molecule has 0 saturated heterocycles. The summed E-state index contributed by atoms with van der Waals surface area (Å²) in [4.78, 5) is 4.61. The maximum Gasteiger partial charge on any atom is 0.265 e. The van der Waals surface area contributed by atoms with Gasteiger partial charge in [-0.25, -0.2) is 17.9 Å². The molecule has 8 nitrogen and oxygen atoms in total. The van der Waals surface area contributed by atoms with Gasteiger partial charge >= 0.3 is 0 Å². The number of nitrogens with one attached hydrogen (secondary N) is 1. The normalized spacial score (nSPS) is 15.2. The number of sulfonamides is 1. The molecule has 0 atom stereocenters. The Bertz CT molecular complexity index is 970. The van der Waals surface area contributed by atoms with Gasteiger partial charge in [-0.05, 0) is 31.9 Å². The number of fused-ring (bicyclic) bond motifs is 1. The molecule has 0 aromatic carbocycles. The summed E-state index contributed by atoms with van der Waals surface area (Å²) >= 11 is 0. The monoisotopic (exact) mass is 332 g/mol. The number of anilines is 1. The van der Waals surface area contributed by atoms with Crippen LogP contribution in [0.25, 0.3) is 5.65 Å². The highest BCUT2D eigenvalue weighted by atomic mass is 32.2. The van der Waals surface area contributed by atoms with Crippen LogP contribution in [0.1, 0.15) is 31.5 Å². The number of nitrogens with zero attached hydrogens (tertiary/aromatic N) is 5. The highest BCUT2D eigenvalue weighted by Gasteiger charge is 2.28. The summed E-state index contributed by atoms with van der Waals surface area (Å²) in [7, 11) is -3.70. The summed E-state index contributed by atoms with van der Waals surface area (Å²) in [6.07, 6.45) is 6.79. The van der Waals surface area contributed by atoms with E-state index in [0.717, 1.165) is 18.7 Å². The van der Waals surface area contributed by atoms with Gasteiger partial charge in [0.05, 0.1) is 11.9 Å². The smallest absolute Gasteiger partial charge is 0.265 e. The van der Waals surface area contributed by atoms with Gasteiger partial charge < -0.3 is 0 Å². The largest absolute Gasteiger partial charge is 0.276 e. The average Bonchev–Trinajstić information content (AvgIpc) is 3.10. The fourth-order valence-electron chi connectivity index (χ4n) is 2.38. The van der Waals surface area contributed by atoms with E-state index in [1.165, 1.54) is 12.4 Å². The van der Waals surface area contributed by atoms with Crippen molar-refractivity contribution in [1.29, 1.82) is 0 Å². The van der Waals surface area contributed by atoms with Crippen molar-refractivity contribution in [2.24, 2.45) is 0 Å². The quantitative estimate of drug-likeness (QED) is 0.766. The molecule has 1 aliphatic carbocycles. The molecular weight excluding hydrogens is 316 g/mol. The third kappa shape index (κ3) is 2.56. The van der Waals surface area contributed by atoms with Crippen LogP contribution < -0.4 is 4.72 Å². The Hall–Kier alpha value is -2.42. The first-order chi connectivity index (χ1) is 11.1. The van der Waals surface area contributed by atoms with E-state index < -0.39 is 10.0 Å². The van der Waals surface area contributed by atoms with Gasteiger partial charge in [-0.3, -0.25) is 9.40 Å². The molecule has 4 rings (SSSR count). The Kier molecular flexibility index (Phi) is 3.12. The third-order valence-corrected chi connectivity index (χ3v) is 5.13. The number of hydrogen-bond acceptors (Lipinski definition) is 5. The predicted octanol–water partition coefficient (Wildman–Crippen LogP) is 1.62. The zero-order chi connectivity index (χ0) is 16.0. The summed E-state index contributed by atoms with van der Waals surface area (Å²) < 4.78 is 30.8. The summed E-state index contributed by atoms with van der Waals surface area (Å²) in [5.41, 5.74) is 0.928. The van der Waals surface area contributed by atoms with Gasteiger partial charge in [-0.2, -0.15) is 10.2 Å². The van der Waals surface area contributed by atoms with Crippen molar-refractivity contribution in [2.45, 2.75) is 37.1 Å². The summed E-state index contributed by atoms with van der Waals surface area (Å²) in [6.45, 7) is 2.51. The molecule has 0 spiro atoms. The zero-order valence-corrected chi connectivity index (χ0v) is 13.4. The van der Waals surface area contributed by atoms with Crippen LogP contribution in [0.2, 0.25) is 0 Å². The van der Waals surface area contributed by atoms with E-state index in [1.54, 1.807) is 27.5 Å². The molecule has 0 amide bonds. The first kappa shape index (κ1) is 14.2. The van der Waals surface area contributed by atoms with E-state index >= 15 is 0 Å². The lowest BCUT2D eigenvalue weighted by Crippen LogP contribution is -2.13. The maximum absolute atomic E-state index is 12.5. The SMILES string of the molecule is CCn1cc(S(=O)(=O)Nc2cccn3nc(C4CC4)nc23)cn1. The molecule has 1 fully saturated rings. The lowest BCUT2D eigenvalue weighted by atomic mass is 10.4. The molecule has 0 aliphatic heterocycles. The number of hydrogen-bond donors (Lipinski definition) is 1. The third-order valence-electron chi connectivity index (χ3n) is 3.81. The average molecular weight is 332 g/mol. The van der Waals surface area contributed by atoms with Gasteiger partial charge in [0.25, 0.3) is 10.0 Å². The van der Waals surface area contributed by atoms with Crippen LogP contribution >= 0.6 is 0 Å². The van der Waals surface area contributed by atoms with Gasteiger partial charge in [-0.1, -0.05) is 0 Å². The first-order valence-corrected chi connectivity index (χ1v) is 8.95. The Labute approximate surface area is 133 Å². The van der Waals surface area contributed by atoms with E-state index in [0.29, 0.717) is 23.8 Å². The molecular formula is C14H16N6O2S. The van der Waals surface area contributed by atoms with E-state index in [9.17, 15) is 8.42 Å². The Morgan fingerprint density at radius 3 is 2.91 bits per heavy atom. The molecule has 0 unspecified atom stereocenters. The molecule has 1 N–H and O–H groups in total. The Balaban J connectivity index is 1.71. The second-order valence-corrected chi connectivity index (χ2v) is 7.25. The summed E-state index contributed by atoms with van der Waals surface area (Å²) in [5, 5.41) is 8.41. The van der Waals surface area contributed by atoms with Gasteiger partial charge in [0.15, 0.2) is 11.5 Å². The van der Waals surface area contributed by atoms with Crippen molar-refractivity contribution in [3.63, 3.8) is 0 Å². The van der Waals surface area contributed by atoms with Crippen molar-refractivity contribution in [2.75, 3.05) is 4.72 Å². The van der Waals surface area contributed by atoms with Gasteiger partial charge in [-0.15, -0.1) is 0 Å². The molecule has 1 aliphatic rings. The molecule has 0 radical (unpaired) electrons. The fourth-order valence-corrected chi connectivity index (χ4v) is 3.39. The lowest BCUT2D eigenvalue weighted by Gasteiger charge is -2.06. The van der Waals surface area contributed by atoms with Crippen LogP contribution in [0, 0.1) is 0 Å². The number of pyridine rings is 1. The minimum atomic E-state index is -3.70. The van der Waals surface area contributed by atoms with Gasteiger partial charge in [0.2, 0.25) is 0 Å². The molecule has 120 valence electrons. The minimum Gasteiger partial charge on any atom is -0.276 e. The highest BCUT2D eigenvalue weighted by molar-refractivity contribution is 7.92. The second-order valence-electron chi connectivity index (χ2n) is 5.57. The fraction of sp³-hybridized carbons (Fsp3) is 0.357. The number of rotatable bonds is 5. The standard InChI is InChI=1S/C14H16N6O2S/c1-2-19-9-11(8-15-19)23(21,22)18-12-4-3-7-20-14(12)16-13(17-20)10-5-6-10/h3-4,7-10,18H,2,5-6H2,1H3. The summed E-state index contributed by atoms with van der Waals surface area (Å²) in [5.74, 6) is 1.18. The highest BCUT2D eigenvalue weighted by Crippen LogP contribution is 2.38. The zero-order valence-electron chi connectivity index (χ0n) is 12.5. The van der Waals surface area contributed by atoms with Crippen molar-refractivity contribution < 1.29 is 8.42 Å². The Morgan fingerprint density at radius 1 is 1.39 bits per heavy atom. The van der Waals surface area contributed by atoms with Crippen LogP contribution in [-0.4, -0.2) is 32.8 Å². The van der Waals surface area contributed by atoms with Crippen molar-refractivity contribution in [3.05, 3.63) is 36.5 Å². The molecule has 9 heteroatoms. The van der Waals surface area contributed by atoms with Crippen LogP contribution in [-0.2, 0) is 16.6 Å². The van der Waals surface area contributed by atoms with E-state index in [2.05, 4.69) is 19.9 Å². The van der Waals surface area contributed by atoms with Gasteiger partial charge in [0, 0.05) is 24.9 Å². The number of aryl methyl sites for hydroxylation is 1. The Morgan fingerprint density at radius 2 is 2.22 bits per heavy atom. The van der Waals surface area contributed by atoms with Crippen LogP contribution in [0.15, 0.2) is 35.6 Å². The van der Waals surface area contributed by atoms with Crippen LogP contribution in [0.5, 0.6) is 0 Å². The van der Waals surface area contributed by atoms with Crippen molar-refractivity contribution in [3.8, 4) is 0 Å². The van der Waals surface area contributed by atoms with Crippen LogP contribution in [0.4, 0.5) is 5.69 Å². The molecule has 3 aromatic heterocycles. The second kappa shape index (κ2) is 5.05. The maximum atomic E-state index is 12.5. The van der Waals surface area contributed by atoms with Crippen LogP contribution in [0.3, 0.4) is 0 Å². The molecule has 3 heterocycles. The first-order valence-electron chi connectivity index (χ1n) is 7.47. The predicted molar refractivity (Wildman–Crippen MR) is 83.7 cm³/mol. The van der Waals surface area contributed by atoms with E-state index in [1.807, 2.05) is 6.92 Å². The van der Waals surface area contributed by atoms with E-state index in [4.69, 9.17) is 0 Å². The minimum absolute atomic E-state index is 0.128. The lowest BCUT2D eigenvalue weighted by molar-refractivity contribution is 0.600. The molecule has 1 saturated carbocycles. The molecule has 0 bridgehead atoms. The summed E-state index contributed by atoms with van der Waals surface area (Å²) in [6, 6.07) is 3.42. The molecule has 23 heavy (non-hydrogen) atoms. The van der Waals surface area contributed by atoms with Gasteiger partial charge in [0.1, 0.15) is 4.90 Å². The molecule has 3 aromatic rings. The topological polar surface area (TPSA) is 94.2 Å². The number of aromatic nitrogens is 5.